The van der Waals surface area contributed by atoms with Gasteiger partial charge in [0.25, 0.3) is 0 Å². The molecule has 3 aliphatic carbocycles. The summed E-state index contributed by atoms with van der Waals surface area (Å²) in [5, 5.41) is 1.91. The quantitative estimate of drug-likeness (QED) is 0.179. The van der Waals surface area contributed by atoms with Gasteiger partial charge >= 0.3 is 0 Å². The Balaban J connectivity index is 1.39. The second-order valence-corrected chi connectivity index (χ2v) is 24.0. The fourth-order valence-corrected chi connectivity index (χ4v) is 27.0. The number of allylic oxidation sites excluding steroid dienone is 2. The molecule has 48 heavy (non-hydrogen) atoms. The summed E-state index contributed by atoms with van der Waals surface area (Å²) in [6, 6.07) is 21.1. The van der Waals surface area contributed by atoms with Crippen LogP contribution in [0.1, 0.15) is 155 Å². The van der Waals surface area contributed by atoms with Gasteiger partial charge in [-0.3, -0.25) is 0 Å². The fraction of sp³-hybridized carbons (Fsp3) is 0.500. The van der Waals surface area contributed by atoms with Crippen LogP contribution in [-0.4, -0.2) is 0 Å². The molecule has 0 bridgehead atoms. The molecule has 4 heteroatoms. The molecule has 2 saturated carbocycles. The van der Waals surface area contributed by atoms with Gasteiger partial charge in [-0.1, -0.05) is 154 Å². The van der Waals surface area contributed by atoms with E-state index in [9.17, 15) is 0 Å². The van der Waals surface area contributed by atoms with Crippen molar-refractivity contribution in [3.63, 3.8) is 0 Å². The lowest BCUT2D eigenvalue weighted by molar-refractivity contribution is 0.548. The minimum Gasteiger partial charge on any atom is -0.464 e. The zero-order chi connectivity index (χ0) is 32.6. The van der Waals surface area contributed by atoms with Gasteiger partial charge in [0.2, 0.25) is 0 Å². The van der Waals surface area contributed by atoms with Crippen molar-refractivity contribution >= 4 is 43.1 Å². The third-order valence-corrected chi connectivity index (χ3v) is 25.7. The summed E-state index contributed by atoms with van der Waals surface area (Å²) < 4.78 is 6.53. The molecule has 0 amide bonds. The number of furan rings is 1. The Morgan fingerprint density at radius 1 is 0.604 bits per heavy atom. The third-order valence-electron chi connectivity index (χ3n) is 12.2. The molecule has 8 rings (SSSR count). The van der Waals surface area contributed by atoms with Gasteiger partial charge in [0.05, 0.1) is 11.9 Å². The maximum absolute atomic E-state index is 6.53. The van der Waals surface area contributed by atoms with Crippen molar-refractivity contribution < 1.29 is 4.42 Å². The highest BCUT2D eigenvalue weighted by Gasteiger charge is 2.40. The van der Waals surface area contributed by atoms with Crippen molar-refractivity contribution in [1.29, 1.82) is 0 Å². The maximum atomic E-state index is 6.53. The van der Waals surface area contributed by atoms with Gasteiger partial charge in [-0.25, -0.2) is 0 Å². The summed E-state index contributed by atoms with van der Waals surface area (Å²) in [6.07, 6.45) is 25.4. The van der Waals surface area contributed by atoms with E-state index in [-0.39, 0.29) is 14.4 Å². The Hall–Kier alpha value is -2.16. The van der Waals surface area contributed by atoms with Crippen LogP contribution in [0.3, 0.4) is 0 Å². The van der Waals surface area contributed by atoms with Gasteiger partial charge in [-0.2, -0.15) is 0 Å². The SMILES string of the molecule is CC1=C(c2occ(C)c2C)C(p2cc(-c3ccccc3)c3c2p(C2CCCCCCCC2)p3C2CCCCCCCC2)c2ccccc21. The van der Waals surface area contributed by atoms with Crippen LogP contribution < -0.4 is 0 Å². The van der Waals surface area contributed by atoms with Crippen LogP contribution in [0.5, 0.6) is 0 Å². The molecule has 2 fully saturated rings. The van der Waals surface area contributed by atoms with E-state index in [0.29, 0.717) is 5.66 Å². The smallest absolute Gasteiger partial charge is 0.134 e. The van der Waals surface area contributed by atoms with Crippen molar-refractivity contribution in [3.8, 4) is 11.1 Å². The minimum atomic E-state index is -0.508. The first-order valence-corrected chi connectivity index (χ1v) is 24.4. The molecule has 252 valence electrons. The second kappa shape index (κ2) is 14.6. The molecule has 5 aromatic rings. The monoisotopic (exact) mass is 692 g/mol. The number of hydrogen-bond acceptors (Lipinski definition) is 1. The molecular weight excluding hydrogens is 637 g/mol. The Kier molecular flexibility index (Phi) is 10.0. The lowest BCUT2D eigenvalue weighted by Gasteiger charge is -2.34. The summed E-state index contributed by atoms with van der Waals surface area (Å²) in [5.41, 5.74) is 14.0. The van der Waals surface area contributed by atoms with E-state index in [2.05, 4.69) is 81.2 Å². The first kappa shape index (κ1) is 33.0. The first-order valence-electron chi connectivity index (χ1n) is 19.4. The van der Waals surface area contributed by atoms with Gasteiger partial charge in [0.15, 0.2) is 0 Å². The van der Waals surface area contributed by atoms with E-state index >= 15 is 0 Å². The highest BCUT2D eigenvalue weighted by molar-refractivity contribution is 8.19. The summed E-state index contributed by atoms with van der Waals surface area (Å²) in [5.74, 6) is 4.03. The Bertz CT molecular complexity index is 1870. The van der Waals surface area contributed by atoms with E-state index in [4.69, 9.17) is 4.42 Å². The molecule has 0 radical (unpaired) electrons. The van der Waals surface area contributed by atoms with Crippen molar-refractivity contribution in [2.24, 2.45) is 0 Å². The molecule has 0 aliphatic heterocycles. The van der Waals surface area contributed by atoms with Gasteiger partial charge in [0, 0.05) is 26.9 Å². The molecule has 3 aromatic heterocycles. The number of aryl methyl sites for hydroxylation is 1. The normalized spacial score (nSPS) is 21.8. The zero-order valence-electron chi connectivity index (χ0n) is 29.6. The predicted molar refractivity (Wildman–Crippen MR) is 215 cm³/mol. The van der Waals surface area contributed by atoms with Crippen LogP contribution in [-0.2, 0) is 0 Å². The first-order chi connectivity index (χ1) is 23.6. The van der Waals surface area contributed by atoms with Crippen molar-refractivity contribution in [1.82, 2.24) is 0 Å². The average Bonchev–Trinajstić information content (AvgIpc) is 3.76. The van der Waals surface area contributed by atoms with Gasteiger partial charge in [-0.05, 0) is 91.2 Å². The van der Waals surface area contributed by atoms with Crippen molar-refractivity contribution in [2.75, 3.05) is 0 Å². The number of hydrogen-bond donors (Lipinski definition) is 0. The van der Waals surface area contributed by atoms with Gasteiger partial charge < -0.3 is 4.42 Å². The average molecular weight is 693 g/mol. The van der Waals surface area contributed by atoms with E-state index in [0.717, 1.165) is 17.1 Å². The molecule has 3 heterocycles. The van der Waals surface area contributed by atoms with Gasteiger partial charge in [0.1, 0.15) is 5.76 Å². The Labute approximate surface area is 292 Å². The van der Waals surface area contributed by atoms with Crippen LogP contribution in [0.15, 0.2) is 71.1 Å². The topological polar surface area (TPSA) is 13.1 Å². The lowest BCUT2D eigenvalue weighted by Crippen LogP contribution is -1.98. The molecule has 4 atom stereocenters. The fourth-order valence-electron chi connectivity index (χ4n) is 9.50. The number of fused-ring (bicyclic) bond motifs is 2. The van der Waals surface area contributed by atoms with Crippen LogP contribution >= 0.6 is 22.0 Å². The molecule has 1 nitrogen and oxygen atoms in total. The molecule has 0 spiro atoms. The summed E-state index contributed by atoms with van der Waals surface area (Å²) in [4.78, 5) is 2.00. The summed E-state index contributed by atoms with van der Waals surface area (Å²) in [7, 11) is -0.732. The molecule has 0 saturated heterocycles. The van der Waals surface area contributed by atoms with E-state index in [1.54, 1.807) is 11.1 Å². The highest BCUT2D eigenvalue weighted by Crippen LogP contribution is 2.84. The maximum Gasteiger partial charge on any atom is 0.134 e. The minimum absolute atomic E-state index is 0.111. The van der Waals surface area contributed by atoms with Crippen LogP contribution in [0.2, 0.25) is 0 Å². The van der Waals surface area contributed by atoms with Crippen LogP contribution in [0.25, 0.3) is 32.2 Å². The van der Waals surface area contributed by atoms with Crippen LogP contribution in [0, 0.1) is 13.8 Å². The largest absolute Gasteiger partial charge is 0.464 e. The van der Waals surface area contributed by atoms with Crippen molar-refractivity contribution in [3.05, 3.63) is 94.7 Å². The van der Waals surface area contributed by atoms with E-state index in [1.807, 2.05) is 16.2 Å². The number of rotatable bonds is 5. The van der Waals surface area contributed by atoms with Crippen LogP contribution in [0.4, 0.5) is 0 Å². The summed E-state index contributed by atoms with van der Waals surface area (Å²) in [6.45, 7) is 6.90. The van der Waals surface area contributed by atoms with E-state index < -0.39 is 7.53 Å². The Morgan fingerprint density at radius 2 is 1.17 bits per heavy atom. The standard InChI is InChI=1S/C44H55OP3/c1-31-29-45-41(32(31)2)40-33(3)37-27-19-20-28-38(37)42(40)46-30-39(34-21-13-12-14-22-34)43-44(46)48(36-25-17-10-6-7-11-18-26-36)47(43)35-23-15-8-4-5-9-16-24-35/h12-14,19-22,27-30,35-36,42H,4-11,15-18,23-26H2,1-3H3. The second-order valence-electron chi connectivity index (χ2n) is 15.3. The molecule has 0 N–H and O–H groups in total. The predicted octanol–water partition coefficient (Wildman–Crippen LogP) is 16.6. The van der Waals surface area contributed by atoms with Gasteiger partial charge in [-0.15, -0.1) is 0 Å². The lowest BCUT2D eigenvalue weighted by atomic mass is 10.0. The molecule has 2 aromatic carbocycles. The molecular formula is C44H55OP3. The van der Waals surface area contributed by atoms with E-state index in [1.165, 1.54) is 136 Å². The zero-order valence-corrected chi connectivity index (χ0v) is 32.3. The van der Waals surface area contributed by atoms with Crippen molar-refractivity contribution in [2.45, 2.75) is 140 Å². The molecule has 3 aliphatic rings. The third kappa shape index (κ3) is 6.00. The Morgan fingerprint density at radius 3 is 1.77 bits per heavy atom. The molecule has 4 unspecified atom stereocenters. The highest BCUT2D eigenvalue weighted by atomic mass is 31.9. The summed E-state index contributed by atoms with van der Waals surface area (Å²) >= 11 is 0. The number of benzene rings is 2.